The molecule has 8 heteroatoms. The van der Waals surface area contributed by atoms with Crippen LogP contribution in [0, 0.1) is 0 Å². The number of para-hydroxylation sites is 1. The highest BCUT2D eigenvalue weighted by atomic mass is 19.3. The first-order valence-corrected chi connectivity index (χ1v) is 9.87. The lowest BCUT2D eigenvalue weighted by Crippen LogP contribution is -2.04. The van der Waals surface area contributed by atoms with Crippen molar-refractivity contribution in [2.24, 2.45) is 0 Å². The highest BCUT2D eigenvalue weighted by molar-refractivity contribution is 6.14. The van der Waals surface area contributed by atoms with Crippen LogP contribution in [0.5, 0.6) is 17.2 Å². The van der Waals surface area contributed by atoms with Crippen LogP contribution in [0.15, 0.2) is 72.5 Å². The lowest BCUT2D eigenvalue weighted by molar-refractivity contribution is -0.0500. The Morgan fingerprint density at radius 2 is 1.82 bits per heavy atom. The maximum atomic E-state index is 12.7. The number of ketones is 1. The van der Waals surface area contributed by atoms with Crippen LogP contribution in [0.25, 0.3) is 6.08 Å². The molecule has 0 aliphatic carbocycles. The van der Waals surface area contributed by atoms with Gasteiger partial charge in [-0.3, -0.25) is 4.79 Å². The summed E-state index contributed by atoms with van der Waals surface area (Å²) in [6, 6.07) is 17.7. The Labute approximate surface area is 188 Å². The molecule has 3 aromatic carbocycles. The summed E-state index contributed by atoms with van der Waals surface area (Å²) in [6.07, 6.45) is 1.36. The average molecular weight is 452 g/mol. The third-order valence-corrected chi connectivity index (χ3v) is 4.84. The van der Waals surface area contributed by atoms with Crippen molar-refractivity contribution in [2.45, 2.75) is 13.2 Å². The number of hydrogen-bond donors (Lipinski definition) is 0. The Bertz CT molecular complexity index is 1220. The molecule has 0 bridgehead atoms. The molecule has 4 rings (SSSR count). The molecule has 168 valence electrons. The molecule has 0 radical (unpaired) electrons. The number of Topliss-reactive ketones (excluding diaryl/α,β-unsaturated/α-hetero) is 1. The molecule has 33 heavy (non-hydrogen) atoms. The molecule has 0 N–H and O–H groups in total. The van der Waals surface area contributed by atoms with Crippen LogP contribution in [0.3, 0.4) is 0 Å². The van der Waals surface area contributed by atoms with Gasteiger partial charge in [-0.05, 0) is 42.0 Å². The monoisotopic (exact) mass is 452 g/mol. The fourth-order valence-electron chi connectivity index (χ4n) is 3.22. The number of esters is 1. The van der Waals surface area contributed by atoms with Crippen molar-refractivity contribution in [1.29, 1.82) is 0 Å². The Morgan fingerprint density at radius 3 is 2.55 bits per heavy atom. The van der Waals surface area contributed by atoms with E-state index in [1.165, 1.54) is 19.3 Å². The first kappa shape index (κ1) is 22.0. The van der Waals surface area contributed by atoms with Gasteiger partial charge in [-0.15, -0.1) is 0 Å². The molecule has 0 fully saturated rings. The van der Waals surface area contributed by atoms with Gasteiger partial charge in [0.15, 0.2) is 5.76 Å². The number of rotatable bonds is 7. The summed E-state index contributed by atoms with van der Waals surface area (Å²) < 4.78 is 45.9. The van der Waals surface area contributed by atoms with Crippen molar-refractivity contribution in [3.8, 4) is 17.2 Å². The maximum absolute atomic E-state index is 12.7. The van der Waals surface area contributed by atoms with E-state index in [1.54, 1.807) is 60.7 Å². The smallest absolute Gasteiger partial charge is 0.387 e. The number of carbonyl (C=O) groups is 2. The summed E-state index contributed by atoms with van der Waals surface area (Å²) in [6.45, 7) is -2.76. The van der Waals surface area contributed by atoms with Gasteiger partial charge in [0.25, 0.3) is 0 Å². The van der Waals surface area contributed by atoms with Crippen LogP contribution in [0.1, 0.15) is 31.8 Å². The minimum absolute atomic E-state index is 0.00846. The van der Waals surface area contributed by atoms with Crippen LogP contribution in [0.4, 0.5) is 8.78 Å². The van der Waals surface area contributed by atoms with E-state index in [0.29, 0.717) is 28.2 Å². The predicted molar refractivity (Wildman–Crippen MR) is 115 cm³/mol. The van der Waals surface area contributed by atoms with Gasteiger partial charge in [0.05, 0.1) is 18.2 Å². The molecule has 1 heterocycles. The predicted octanol–water partition coefficient (Wildman–Crippen LogP) is 5.27. The Morgan fingerprint density at radius 1 is 1.06 bits per heavy atom. The van der Waals surface area contributed by atoms with Crippen LogP contribution in [0.2, 0.25) is 0 Å². The van der Waals surface area contributed by atoms with Crippen LogP contribution >= 0.6 is 0 Å². The van der Waals surface area contributed by atoms with Crippen molar-refractivity contribution < 1.29 is 37.3 Å². The van der Waals surface area contributed by atoms with Gasteiger partial charge >= 0.3 is 12.6 Å². The Hall–Kier alpha value is -4.20. The summed E-state index contributed by atoms with van der Waals surface area (Å²) in [4.78, 5) is 24.2. The number of fused-ring (bicyclic) bond motifs is 1. The third kappa shape index (κ3) is 5.01. The second kappa shape index (κ2) is 9.52. The molecular formula is C25H18F2O6. The van der Waals surface area contributed by atoms with Gasteiger partial charge in [0.1, 0.15) is 23.9 Å². The van der Waals surface area contributed by atoms with E-state index in [4.69, 9.17) is 9.47 Å². The number of alkyl halides is 2. The number of halogens is 2. The second-order valence-corrected chi connectivity index (χ2v) is 6.99. The fourth-order valence-corrected chi connectivity index (χ4v) is 3.22. The second-order valence-electron chi connectivity index (χ2n) is 6.99. The minimum Gasteiger partial charge on any atom is -0.489 e. The highest BCUT2D eigenvalue weighted by Gasteiger charge is 2.28. The van der Waals surface area contributed by atoms with E-state index in [-0.39, 0.29) is 23.9 Å². The van der Waals surface area contributed by atoms with Crippen molar-refractivity contribution in [3.63, 3.8) is 0 Å². The van der Waals surface area contributed by atoms with Crippen LogP contribution in [-0.4, -0.2) is 25.5 Å². The lowest BCUT2D eigenvalue weighted by Gasteiger charge is -2.08. The molecule has 0 unspecified atom stereocenters. The Kier molecular flexibility index (Phi) is 6.35. The van der Waals surface area contributed by atoms with E-state index in [0.717, 1.165) is 5.56 Å². The van der Waals surface area contributed by atoms with Crippen molar-refractivity contribution in [2.75, 3.05) is 7.11 Å². The molecule has 0 spiro atoms. The molecule has 1 aliphatic heterocycles. The van der Waals surface area contributed by atoms with Crippen molar-refractivity contribution in [1.82, 2.24) is 0 Å². The average Bonchev–Trinajstić information content (AvgIpc) is 3.13. The van der Waals surface area contributed by atoms with Gasteiger partial charge in [-0.2, -0.15) is 8.78 Å². The molecule has 0 amide bonds. The van der Waals surface area contributed by atoms with Gasteiger partial charge in [0.2, 0.25) is 5.78 Å². The number of hydrogen-bond acceptors (Lipinski definition) is 6. The van der Waals surface area contributed by atoms with Gasteiger partial charge in [0, 0.05) is 11.6 Å². The molecule has 0 saturated carbocycles. The zero-order chi connectivity index (χ0) is 23.4. The lowest BCUT2D eigenvalue weighted by atomic mass is 10.1. The quantitative estimate of drug-likeness (QED) is 0.359. The molecule has 6 nitrogen and oxygen atoms in total. The number of allylic oxidation sites excluding steroid dienone is 1. The first-order chi connectivity index (χ1) is 15.9. The van der Waals surface area contributed by atoms with Crippen molar-refractivity contribution >= 4 is 17.8 Å². The normalized spacial score (nSPS) is 13.6. The van der Waals surface area contributed by atoms with E-state index in [2.05, 4.69) is 9.47 Å². The molecule has 0 atom stereocenters. The fraction of sp³-hybridized carbons (Fsp3) is 0.120. The number of carbonyl (C=O) groups excluding carboxylic acids is 2. The standard InChI is InChI=1S/C25H18F2O6/c1-30-24(29)16-8-6-15(7-9-16)14-31-18-10-11-19-21(13-18)32-22(23(19)28)12-17-4-2-3-5-20(17)33-25(26)27/h2-13,25H,14H2,1H3/b22-12-. The molecule has 3 aromatic rings. The third-order valence-electron chi connectivity index (χ3n) is 4.84. The largest absolute Gasteiger partial charge is 0.489 e. The number of methoxy groups -OCH3 is 1. The Balaban J connectivity index is 1.47. The molecule has 1 aliphatic rings. The zero-order valence-electron chi connectivity index (χ0n) is 17.4. The molecule has 0 saturated heterocycles. The van der Waals surface area contributed by atoms with E-state index >= 15 is 0 Å². The van der Waals surface area contributed by atoms with Gasteiger partial charge in [-0.1, -0.05) is 30.3 Å². The van der Waals surface area contributed by atoms with E-state index in [9.17, 15) is 18.4 Å². The number of benzene rings is 3. The summed E-state index contributed by atoms with van der Waals surface area (Å²) in [5.41, 5.74) is 1.89. The zero-order valence-corrected chi connectivity index (χ0v) is 17.4. The van der Waals surface area contributed by atoms with Crippen LogP contribution < -0.4 is 14.2 Å². The number of ether oxygens (including phenoxy) is 4. The summed E-state index contributed by atoms with van der Waals surface area (Å²) in [7, 11) is 1.32. The van der Waals surface area contributed by atoms with Crippen LogP contribution in [-0.2, 0) is 11.3 Å². The van der Waals surface area contributed by atoms with Crippen molar-refractivity contribution in [3.05, 3.63) is 94.7 Å². The maximum Gasteiger partial charge on any atom is 0.387 e. The SMILES string of the molecule is COC(=O)c1ccc(COc2ccc3c(c2)O/C(=C\c2ccccc2OC(F)F)C3=O)cc1. The molecule has 0 aromatic heterocycles. The highest BCUT2D eigenvalue weighted by Crippen LogP contribution is 2.36. The molecular weight excluding hydrogens is 434 g/mol. The van der Waals surface area contributed by atoms with E-state index in [1.807, 2.05) is 0 Å². The summed E-state index contributed by atoms with van der Waals surface area (Å²) in [5, 5.41) is 0. The minimum atomic E-state index is -2.99. The van der Waals surface area contributed by atoms with E-state index < -0.39 is 12.6 Å². The summed E-state index contributed by atoms with van der Waals surface area (Å²) >= 11 is 0. The van der Waals surface area contributed by atoms with Gasteiger partial charge < -0.3 is 18.9 Å². The first-order valence-electron chi connectivity index (χ1n) is 9.87. The topological polar surface area (TPSA) is 71.1 Å². The summed E-state index contributed by atoms with van der Waals surface area (Å²) in [5.74, 6) is -0.0873. The van der Waals surface area contributed by atoms with Gasteiger partial charge in [-0.25, -0.2) is 4.79 Å².